The lowest BCUT2D eigenvalue weighted by Gasteiger charge is -2.38. The quantitative estimate of drug-likeness (QED) is 0.424. The zero-order valence-electron chi connectivity index (χ0n) is 12.0. The van der Waals surface area contributed by atoms with Gasteiger partial charge in [0.1, 0.15) is 12.1 Å². The molecule has 0 aliphatic carbocycles. The van der Waals surface area contributed by atoms with Gasteiger partial charge in [-0.1, -0.05) is 6.07 Å². The summed E-state index contributed by atoms with van der Waals surface area (Å²) in [7, 11) is 0. The maximum absolute atomic E-state index is 12.4. The van der Waals surface area contributed by atoms with Crippen molar-refractivity contribution in [2.45, 2.75) is 25.0 Å². The zero-order valence-corrected chi connectivity index (χ0v) is 12.0. The van der Waals surface area contributed by atoms with Crippen LogP contribution in [0.2, 0.25) is 0 Å². The lowest BCUT2D eigenvalue weighted by atomic mass is 10.0. The number of carbonyl (C=O) groups is 2. The Labute approximate surface area is 127 Å². The predicted octanol–water partition coefficient (Wildman–Crippen LogP) is -1.40. The number of nitrogens with one attached hydrogen (secondary N) is 1. The lowest BCUT2D eigenvalue weighted by molar-refractivity contribution is -0.149. The molecule has 1 aliphatic heterocycles. The van der Waals surface area contributed by atoms with Crippen LogP contribution in [-0.2, 0) is 16.1 Å². The summed E-state index contributed by atoms with van der Waals surface area (Å²) in [6.07, 6.45) is 0.332. The first-order valence-electron chi connectivity index (χ1n) is 6.99. The summed E-state index contributed by atoms with van der Waals surface area (Å²) in [5.74, 6) is -1.10. The molecule has 1 saturated heterocycles. The SMILES string of the molecule is NCCC1C(=O)NC(CN)C(=O)N1Cc1ccc(O)c(O)c1. The average Bonchev–Trinajstić information content (AvgIpc) is 2.49. The van der Waals surface area contributed by atoms with Gasteiger partial charge >= 0.3 is 0 Å². The van der Waals surface area contributed by atoms with E-state index in [0.717, 1.165) is 0 Å². The van der Waals surface area contributed by atoms with E-state index in [-0.39, 0.29) is 42.9 Å². The molecule has 7 N–H and O–H groups in total. The Hall–Kier alpha value is -2.32. The topological polar surface area (TPSA) is 142 Å². The van der Waals surface area contributed by atoms with E-state index >= 15 is 0 Å². The van der Waals surface area contributed by atoms with E-state index in [4.69, 9.17) is 11.5 Å². The Kier molecular flexibility index (Phi) is 4.84. The molecule has 0 radical (unpaired) electrons. The maximum Gasteiger partial charge on any atom is 0.247 e. The van der Waals surface area contributed by atoms with Crippen molar-refractivity contribution < 1.29 is 19.8 Å². The number of piperazine rings is 1. The van der Waals surface area contributed by atoms with Gasteiger partial charge < -0.3 is 31.9 Å². The Bertz CT molecular complexity index is 578. The normalized spacial score (nSPS) is 21.8. The molecule has 0 bridgehead atoms. The molecule has 1 heterocycles. The molecule has 120 valence electrons. The van der Waals surface area contributed by atoms with Gasteiger partial charge in [0.25, 0.3) is 0 Å². The fourth-order valence-electron chi connectivity index (χ4n) is 2.48. The predicted molar refractivity (Wildman–Crippen MR) is 78.8 cm³/mol. The molecule has 1 aliphatic rings. The van der Waals surface area contributed by atoms with Crippen LogP contribution in [0.3, 0.4) is 0 Å². The van der Waals surface area contributed by atoms with E-state index in [0.29, 0.717) is 12.0 Å². The second-order valence-corrected chi connectivity index (χ2v) is 5.18. The Morgan fingerprint density at radius 1 is 1.18 bits per heavy atom. The molecule has 1 aromatic carbocycles. The number of nitrogens with two attached hydrogens (primary N) is 2. The average molecular weight is 308 g/mol. The van der Waals surface area contributed by atoms with Crippen LogP contribution in [0, 0.1) is 0 Å². The van der Waals surface area contributed by atoms with Gasteiger partial charge in [-0.3, -0.25) is 9.59 Å². The first-order chi connectivity index (χ1) is 10.5. The molecular formula is C14H20N4O4. The number of benzene rings is 1. The third-order valence-electron chi connectivity index (χ3n) is 3.65. The fourth-order valence-corrected chi connectivity index (χ4v) is 2.48. The van der Waals surface area contributed by atoms with Gasteiger partial charge in [0.15, 0.2) is 11.5 Å². The summed E-state index contributed by atoms with van der Waals surface area (Å²) in [5.41, 5.74) is 11.6. The monoisotopic (exact) mass is 308 g/mol. The fraction of sp³-hybridized carbons (Fsp3) is 0.429. The van der Waals surface area contributed by atoms with Crippen molar-refractivity contribution in [3.05, 3.63) is 23.8 Å². The molecule has 1 aromatic rings. The van der Waals surface area contributed by atoms with Crippen molar-refractivity contribution in [3.8, 4) is 11.5 Å². The molecule has 2 amide bonds. The Morgan fingerprint density at radius 3 is 2.50 bits per heavy atom. The van der Waals surface area contributed by atoms with Gasteiger partial charge in [0, 0.05) is 13.1 Å². The van der Waals surface area contributed by atoms with Crippen LogP contribution in [0.4, 0.5) is 0 Å². The van der Waals surface area contributed by atoms with E-state index in [2.05, 4.69) is 5.32 Å². The van der Waals surface area contributed by atoms with Gasteiger partial charge in [-0.15, -0.1) is 0 Å². The van der Waals surface area contributed by atoms with E-state index in [1.54, 1.807) is 6.07 Å². The van der Waals surface area contributed by atoms with Crippen molar-refractivity contribution in [1.82, 2.24) is 10.2 Å². The highest BCUT2D eigenvalue weighted by Gasteiger charge is 2.39. The standard InChI is InChI=1S/C14H20N4O4/c15-4-3-10-13(21)17-9(6-16)14(22)18(10)7-8-1-2-11(19)12(20)5-8/h1-2,5,9-10,19-20H,3-4,6-7,15-16H2,(H,17,21). The molecule has 22 heavy (non-hydrogen) atoms. The van der Waals surface area contributed by atoms with E-state index < -0.39 is 12.1 Å². The highest BCUT2D eigenvalue weighted by molar-refractivity contribution is 5.97. The zero-order chi connectivity index (χ0) is 16.3. The van der Waals surface area contributed by atoms with Gasteiger partial charge in [0.2, 0.25) is 11.8 Å². The number of carbonyl (C=O) groups excluding carboxylic acids is 2. The molecule has 2 atom stereocenters. The first kappa shape index (κ1) is 16.1. The molecule has 0 aromatic heterocycles. The summed E-state index contributed by atoms with van der Waals surface area (Å²) in [4.78, 5) is 25.9. The number of phenols is 2. The minimum atomic E-state index is -0.757. The molecule has 0 spiro atoms. The minimum Gasteiger partial charge on any atom is -0.504 e. The molecule has 2 unspecified atom stereocenters. The second kappa shape index (κ2) is 6.63. The Morgan fingerprint density at radius 2 is 1.91 bits per heavy atom. The van der Waals surface area contributed by atoms with Crippen molar-refractivity contribution >= 4 is 11.8 Å². The second-order valence-electron chi connectivity index (χ2n) is 5.18. The van der Waals surface area contributed by atoms with Crippen LogP contribution in [0.15, 0.2) is 18.2 Å². The third kappa shape index (κ3) is 3.12. The van der Waals surface area contributed by atoms with Crippen LogP contribution in [-0.4, -0.2) is 52.1 Å². The first-order valence-corrected chi connectivity index (χ1v) is 6.99. The van der Waals surface area contributed by atoms with Crippen molar-refractivity contribution in [3.63, 3.8) is 0 Å². The maximum atomic E-state index is 12.4. The number of nitrogens with zero attached hydrogens (tertiary/aromatic N) is 1. The third-order valence-corrected chi connectivity index (χ3v) is 3.65. The van der Waals surface area contributed by atoms with Gasteiger partial charge in [-0.25, -0.2) is 0 Å². The molecular weight excluding hydrogens is 288 g/mol. The summed E-state index contributed by atoms with van der Waals surface area (Å²) in [5, 5.41) is 21.5. The van der Waals surface area contributed by atoms with Gasteiger partial charge in [-0.05, 0) is 30.7 Å². The number of hydrogen-bond donors (Lipinski definition) is 5. The van der Waals surface area contributed by atoms with Gasteiger partial charge in [-0.2, -0.15) is 0 Å². The van der Waals surface area contributed by atoms with Crippen LogP contribution in [0.5, 0.6) is 11.5 Å². The summed E-state index contributed by atoms with van der Waals surface area (Å²) >= 11 is 0. The van der Waals surface area contributed by atoms with Crippen LogP contribution >= 0.6 is 0 Å². The van der Waals surface area contributed by atoms with Crippen molar-refractivity contribution in [2.75, 3.05) is 13.1 Å². The summed E-state index contributed by atoms with van der Waals surface area (Å²) in [6, 6.07) is 2.83. The smallest absolute Gasteiger partial charge is 0.247 e. The molecule has 0 saturated carbocycles. The number of phenolic OH excluding ortho intramolecular Hbond substituents is 2. The van der Waals surface area contributed by atoms with E-state index in [1.165, 1.54) is 17.0 Å². The Balaban J connectivity index is 2.27. The van der Waals surface area contributed by atoms with Crippen LogP contribution in [0.1, 0.15) is 12.0 Å². The largest absolute Gasteiger partial charge is 0.504 e. The highest BCUT2D eigenvalue weighted by Crippen LogP contribution is 2.26. The number of rotatable bonds is 5. The van der Waals surface area contributed by atoms with E-state index in [1.807, 2.05) is 0 Å². The van der Waals surface area contributed by atoms with Gasteiger partial charge in [0.05, 0.1) is 0 Å². The number of amides is 2. The van der Waals surface area contributed by atoms with Crippen molar-refractivity contribution in [2.24, 2.45) is 11.5 Å². The number of aromatic hydroxyl groups is 2. The summed E-state index contributed by atoms with van der Waals surface area (Å²) in [6.45, 7) is 0.397. The van der Waals surface area contributed by atoms with E-state index in [9.17, 15) is 19.8 Å². The summed E-state index contributed by atoms with van der Waals surface area (Å²) < 4.78 is 0. The highest BCUT2D eigenvalue weighted by atomic mass is 16.3. The molecule has 8 nitrogen and oxygen atoms in total. The van der Waals surface area contributed by atoms with Crippen LogP contribution < -0.4 is 16.8 Å². The molecule has 2 rings (SSSR count). The minimum absolute atomic E-state index is 0.0112. The van der Waals surface area contributed by atoms with Crippen molar-refractivity contribution in [1.29, 1.82) is 0 Å². The molecule has 8 heteroatoms. The number of hydrogen-bond acceptors (Lipinski definition) is 6. The van der Waals surface area contributed by atoms with Crippen LogP contribution in [0.25, 0.3) is 0 Å². The lowest BCUT2D eigenvalue weighted by Crippen LogP contribution is -2.65. The molecule has 1 fully saturated rings.